The number of hydrogen-bond acceptors (Lipinski definition) is 2. The average molecular weight is 321 g/mol. The number of oxazole rings is 1. The van der Waals surface area contributed by atoms with E-state index in [1.54, 1.807) is 0 Å². The standard InChI is InChI=1S/C21H25N2O/c1-4-22(5-2)18-14-11-17(12-15-18)13-16-21-23(6-3)19-9-7-8-10-20(19)24-21/h7-16H,4-6H2,1-3H3/q+1. The molecule has 3 rings (SSSR count). The van der Waals surface area contributed by atoms with E-state index in [9.17, 15) is 0 Å². The number of aromatic nitrogens is 1. The zero-order valence-electron chi connectivity index (χ0n) is 14.7. The van der Waals surface area contributed by atoms with E-state index in [2.05, 4.69) is 72.7 Å². The molecule has 2 aromatic carbocycles. The highest BCUT2D eigenvalue weighted by atomic mass is 16.3. The van der Waals surface area contributed by atoms with Crippen molar-refractivity contribution in [2.24, 2.45) is 0 Å². The number of fused-ring (bicyclic) bond motifs is 1. The summed E-state index contributed by atoms with van der Waals surface area (Å²) in [5.74, 6) is 0.881. The molecular formula is C21H25N2O+. The fraction of sp³-hybridized carbons (Fsp3) is 0.286. The van der Waals surface area contributed by atoms with Crippen LogP contribution < -0.4 is 9.47 Å². The number of rotatable bonds is 6. The second kappa shape index (κ2) is 7.35. The summed E-state index contributed by atoms with van der Waals surface area (Å²) in [5.41, 5.74) is 4.51. The molecule has 3 aromatic rings. The third-order valence-electron chi connectivity index (χ3n) is 4.39. The first-order valence-corrected chi connectivity index (χ1v) is 8.71. The smallest absolute Gasteiger partial charge is 0.374 e. The van der Waals surface area contributed by atoms with Crippen LogP contribution in [0.15, 0.2) is 52.9 Å². The van der Waals surface area contributed by atoms with Crippen LogP contribution in [0.3, 0.4) is 0 Å². The second-order valence-electron chi connectivity index (χ2n) is 5.75. The predicted molar refractivity (Wildman–Crippen MR) is 101 cm³/mol. The topological polar surface area (TPSA) is 20.3 Å². The van der Waals surface area contributed by atoms with Gasteiger partial charge in [-0.25, -0.2) is 0 Å². The summed E-state index contributed by atoms with van der Waals surface area (Å²) in [5, 5.41) is 0. The lowest BCUT2D eigenvalue weighted by Crippen LogP contribution is -2.33. The molecule has 0 spiro atoms. The molecule has 0 unspecified atom stereocenters. The number of hydrogen-bond donors (Lipinski definition) is 0. The molecule has 1 aromatic heterocycles. The van der Waals surface area contributed by atoms with Crippen LogP contribution >= 0.6 is 0 Å². The SMILES string of the molecule is CCN(CC)c1ccc(/C=C/c2oc3ccccc3[n+]2CC)cc1. The molecule has 0 radical (unpaired) electrons. The zero-order valence-corrected chi connectivity index (χ0v) is 14.7. The highest BCUT2D eigenvalue weighted by Gasteiger charge is 2.17. The van der Waals surface area contributed by atoms with Crippen molar-refractivity contribution in [2.75, 3.05) is 18.0 Å². The van der Waals surface area contributed by atoms with Gasteiger partial charge in [0.2, 0.25) is 5.58 Å². The quantitative estimate of drug-likeness (QED) is 0.610. The first-order chi connectivity index (χ1) is 11.8. The molecular weight excluding hydrogens is 296 g/mol. The van der Waals surface area contributed by atoms with Crippen LogP contribution in [0, 0.1) is 0 Å². The highest BCUT2D eigenvalue weighted by Crippen LogP contribution is 2.18. The minimum absolute atomic E-state index is 0.881. The predicted octanol–water partition coefficient (Wildman–Crippen LogP) is 4.76. The Bertz CT molecular complexity index is 827. The monoisotopic (exact) mass is 321 g/mol. The number of aryl methyl sites for hydroxylation is 1. The van der Waals surface area contributed by atoms with Gasteiger partial charge in [-0.15, -0.1) is 0 Å². The Kier molecular flexibility index (Phi) is 4.99. The van der Waals surface area contributed by atoms with Crippen LogP contribution in [0.2, 0.25) is 0 Å². The molecule has 3 heteroatoms. The summed E-state index contributed by atoms with van der Waals surface area (Å²) in [6.07, 6.45) is 4.16. The zero-order chi connectivity index (χ0) is 16.9. The van der Waals surface area contributed by atoms with Crippen molar-refractivity contribution in [1.29, 1.82) is 0 Å². The molecule has 0 saturated heterocycles. The molecule has 0 N–H and O–H groups in total. The fourth-order valence-corrected chi connectivity index (χ4v) is 3.06. The lowest BCUT2D eigenvalue weighted by atomic mass is 10.2. The average Bonchev–Trinajstić information content (AvgIpc) is 2.99. The minimum Gasteiger partial charge on any atom is -0.398 e. The van der Waals surface area contributed by atoms with Crippen molar-refractivity contribution in [3.8, 4) is 0 Å². The Hall–Kier alpha value is -2.55. The van der Waals surface area contributed by atoms with Crippen molar-refractivity contribution >= 4 is 28.9 Å². The fourth-order valence-electron chi connectivity index (χ4n) is 3.06. The van der Waals surface area contributed by atoms with Gasteiger partial charge in [-0.1, -0.05) is 24.3 Å². The van der Waals surface area contributed by atoms with Crippen LogP contribution in [-0.4, -0.2) is 13.1 Å². The van der Waals surface area contributed by atoms with Crippen molar-refractivity contribution in [3.05, 3.63) is 60.0 Å². The van der Waals surface area contributed by atoms with E-state index in [-0.39, 0.29) is 0 Å². The summed E-state index contributed by atoms with van der Waals surface area (Å²) in [6.45, 7) is 9.45. The molecule has 0 fully saturated rings. The third-order valence-corrected chi connectivity index (χ3v) is 4.39. The van der Waals surface area contributed by atoms with Crippen molar-refractivity contribution < 1.29 is 8.98 Å². The minimum atomic E-state index is 0.881. The van der Waals surface area contributed by atoms with Crippen LogP contribution in [0.25, 0.3) is 23.3 Å². The van der Waals surface area contributed by atoms with Gasteiger partial charge in [-0.2, -0.15) is 4.57 Å². The second-order valence-corrected chi connectivity index (χ2v) is 5.75. The lowest BCUT2D eigenvalue weighted by Gasteiger charge is -2.20. The van der Waals surface area contributed by atoms with Gasteiger partial charge in [-0.3, -0.25) is 0 Å². The van der Waals surface area contributed by atoms with E-state index in [1.807, 2.05) is 18.2 Å². The maximum atomic E-state index is 5.98. The first kappa shape index (κ1) is 16.3. The molecule has 0 aliphatic rings. The molecule has 1 heterocycles. The molecule has 0 bridgehead atoms. The normalized spacial score (nSPS) is 11.5. The number of nitrogens with zero attached hydrogens (tertiary/aromatic N) is 2. The van der Waals surface area contributed by atoms with Crippen LogP contribution in [0.5, 0.6) is 0 Å². The summed E-state index contributed by atoms with van der Waals surface area (Å²) in [4.78, 5) is 2.35. The van der Waals surface area contributed by atoms with E-state index in [0.29, 0.717) is 0 Å². The van der Waals surface area contributed by atoms with Crippen LogP contribution in [0.4, 0.5) is 5.69 Å². The summed E-state index contributed by atoms with van der Waals surface area (Å²) in [6, 6.07) is 16.8. The van der Waals surface area contributed by atoms with E-state index in [0.717, 1.165) is 36.6 Å². The maximum Gasteiger partial charge on any atom is 0.374 e. The molecule has 0 aliphatic carbocycles. The Morgan fingerprint density at radius 3 is 2.29 bits per heavy atom. The number of anilines is 1. The number of para-hydroxylation sites is 2. The summed E-state index contributed by atoms with van der Waals surface area (Å²) < 4.78 is 8.17. The molecule has 0 saturated carbocycles. The Morgan fingerprint density at radius 2 is 1.62 bits per heavy atom. The summed E-state index contributed by atoms with van der Waals surface area (Å²) in [7, 11) is 0. The van der Waals surface area contributed by atoms with Gasteiger partial charge in [0.15, 0.2) is 0 Å². The molecule has 24 heavy (non-hydrogen) atoms. The van der Waals surface area contributed by atoms with Crippen molar-refractivity contribution in [2.45, 2.75) is 27.3 Å². The Morgan fingerprint density at radius 1 is 0.917 bits per heavy atom. The van der Waals surface area contributed by atoms with Crippen molar-refractivity contribution in [3.63, 3.8) is 0 Å². The van der Waals surface area contributed by atoms with Gasteiger partial charge in [0, 0.05) is 24.8 Å². The summed E-state index contributed by atoms with van der Waals surface area (Å²) >= 11 is 0. The van der Waals surface area contributed by atoms with Gasteiger partial charge >= 0.3 is 5.89 Å². The number of benzene rings is 2. The van der Waals surface area contributed by atoms with Gasteiger partial charge in [-0.05, 0) is 50.6 Å². The van der Waals surface area contributed by atoms with E-state index >= 15 is 0 Å². The molecule has 0 aliphatic heterocycles. The van der Waals surface area contributed by atoms with Gasteiger partial charge in [0.25, 0.3) is 5.52 Å². The van der Waals surface area contributed by atoms with Crippen LogP contribution in [-0.2, 0) is 6.54 Å². The highest BCUT2D eigenvalue weighted by molar-refractivity contribution is 5.72. The first-order valence-electron chi connectivity index (χ1n) is 8.71. The third kappa shape index (κ3) is 3.21. The van der Waals surface area contributed by atoms with E-state index in [1.165, 1.54) is 11.3 Å². The molecule has 0 amide bonds. The van der Waals surface area contributed by atoms with Crippen molar-refractivity contribution in [1.82, 2.24) is 0 Å². The Balaban J connectivity index is 1.86. The maximum absolute atomic E-state index is 5.98. The largest absolute Gasteiger partial charge is 0.398 e. The Labute approximate surface area is 143 Å². The van der Waals surface area contributed by atoms with Gasteiger partial charge in [0.1, 0.15) is 6.54 Å². The molecule has 3 nitrogen and oxygen atoms in total. The lowest BCUT2D eigenvalue weighted by molar-refractivity contribution is -0.674. The van der Waals surface area contributed by atoms with E-state index in [4.69, 9.17) is 4.42 Å². The molecule has 124 valence electrons. The van der Waals surface area contributed by atoms with E-state index < -0.39 is 0 Å². The van der Waals surface area contributed by atoms with Crippen LogP contribution in [0.1, 0.15) is 32.2 Å². The van der Waals surface area contributed by atoms with Gasteiger partial charge < -0.3 is 9.32 Å². The van der Waals surface area contributed by atoms with Gasteiger partial charge in [0.05, 0.1) is 6.08 Å². The molecule has 0 atom stereocenters.